The van der Waals surface area contributed by atoms with Gasteiger partial charge in [-0.25, -0.2) is 0 Å². The fourth-order valence-electron chi connectivity index (χ4n) is 2.57. The third kappa shape index (κ3) is 12.0. The maximum absolute atomic E-state index is 11.8. The first kappa shape index (κ1) is 21.9. The Balaban J connectivity index is 3.66. The molecule has 136 valence electrons. The fourth-order valence-corrected chi connectivity index (χ4v) is 2.57. The molecular weight excluding hydrogens is 292 g/mol. The van der Waals surface area contributed by atoms with Gasteiger partial charge in [0, 0.05) is 6.42 Å². The molecule has 1 unspecified atom stereocenters. The van der Waals surface area contributed by atoms with Gasteiger partial charge in [0.2, 0.25) is 5.91 Å². The van der Waals surface area contributed by atoms with Gasteiger partial charge in [0.25, 0.3) is 0 Å². The van der Waals surface area contributed by atoms with Gasteiger partial charge < -0.3 is 19.7 Å². The third-order valence-electron chi connectivity index (χ3n) is 4.21. The molecule has 0 rings (SSSR count). The smallest absolute Gasteiger partial charge is 0.220 e. The van der Waals surface area contributed by atoms with E-state index in [1.807, 2.05) is 0 Å². The van der Waals surface area contributed by atoms with Gasteiger partial charge in [-0.1, -0.05) is 58.3 Å². The Morgan fingerprint density at radius 2 is 1.39 bits per heavy atom. The van der Waals surface area contributed by atoms with Crippen LogP contribution in [0, 0.1) is 0 Å². The Morgan fingerprint density at radius 1 is 0.913 bits per heavy atom. The first-order chi connectivity index (χ1) is 10.8. The number of carboxylic acids is 1. The lowest BCUT2D eigenvalue weighted by atomic mass is 10.1. The lowest BCUT2D eigenvalue weighted by Gasteiger charge is -2.34. The minimum atomic E-state index is -1.12. The molecule has 0 aromatic rings. The van der Waals surface area contributed by atoms with E-state index in [0.29, 0.717) is 6.42 Å². The second kappa shape index (κ2) is 12.3. The van der Waals surface area contributed by atoms with Crippen LogP contribution in [-0.2, 0) is 9.59 Å². The van der Waals surface area contributed by atoms with Crippen LogP contribution in [0.4, 0.5) is 0 Å². The molecule has 5 nitrogen and oxygen atoms in total. The minimum absolute atomic E-state index is 0.0624. The van der Waals surface area contributed by atoms with Gasteiger partial charge in [-0.2, -0.15) is 0 Å². The van der Waals surface area contributed by atoms with E-state index in [0.717, 1.165) is 12.8 Å². The number of hydrogen-bond acceptors (Lipinski definition) is 3. The molecule has 23 heavy (non-hydrogen) atoms. The molecule has 1 amide bonds. The number of rotatable bonds is 14. The third-order valence-corrected chi connectivity index (χ3v) is 4.21. The number of carbonyl (C=O) groups excluding carboxylic acids is 2. The zero-order valence-electron chi connectivity index (χ0n) is 15.5. The molecule has 0 heterocycles. The highest BCUT2D eigenvalue weighted by molar-refractivity contribution is 5.77. The number of aliphatic carboxylic acids is 1. The summed E-state index contributed by atoms with van der Waals surface area (Å²) in [4.78, 5) is 22.9. The summed E-state index contributed by atoms with van der Waals surface area (Å²) < 4.78 is 0.237. The highest BCUT2D eigenvalue weighted by Gasteiger charge is 2.25. The second-order valence-electron chi connectivity index (χ2n) is 7.33. The van der Waals surface area contributed by atoms with Gasteiger partial charge >= 0.3 is 0 Å². The van der Waals surface area contributed by atoms with Crippen molar-refractivity contribution in [1.29, 1.82) is 0 Å². The summed E-state index contributed by atoms with van der Waals surface area (Å²) in [5.41, 5.74) is 0. The number of carbonyl (C=O) groups is 2. The molecule has 0 aliphatic carbocycles. The fraction of sp³-hybridized carbons (Fsp3) is 0.889. The first-order valence-corrected chi connectivity index (χ1v) is 9.07. The molecule has 0 aliphatic rings. The van der Waals surface area contributed by atoms with E-state index in [1.165, 1.54) is 44.9 Å². The number of nitrogens with zero attached hydrogens (tertiary/aromatic N) is 1. The maximum Gasteiger partial charge on any atom is 0.220 e. The van der Waals surface area contributed by atoms with Crippen LogP contribution in [0.5, 0.6) is 0 Å². The van der Waals surface area contributed by atoms with E-state index < -0.39 is 12.0 Å². The molecule has 0 radical (unpaired) electrons. The largest absolute Gasteiger partial charge is 0.544 e. The summed E-state index contributed by atoms with van der Waals surface area (Å²) in [6.07, 6.45) is 11.4. The van der Waals surface area contributed by atoms with Crippen molar-refractivity contribution in [2.75, 3.05) is 27.7 Å². The predicted octanol–water partition coefficient (Wildman–Crippen LogP) is 1.85. The summed E-state index contributed by atoms with van der Waals surface area (Å²) in [5, 5.41) is 13.8. The lowest BCUT2D eigenvalue weighted by molar-refractivity contribution is -0.888. The van der Waals surface area contributed by atoms with Crippen LogP contribution >= 0.6 is 0 Å². The Kier molecular flexibility index (Phi) is 11.7. The highest BCUT2D eigenvalue weighted by atomic mass is 16.4. The zero-order valence-corrected chi connectivity index (χ0v) is 15.5. The average molecular weight is 328 g/mol. The number of carboxylic acid groups (broad SMARTS) is 1. The number of unbranched alkanes of at least 4 members (excludes halogenated alkanes) is 8. The minimum Gasteiger partial charge on any atom is -0.544 e. The van der Waals surface area contributed by atoms with Crippen LogP contribution in [0.3, 0.4) is 0 Å². The summed E-state index contributed by atoms with van der Waals surface area (Å²) >= 11 is 0. The van der Waals surface area contributed by atoms with E-state index in [-0.39, 0.29) is 16.9 Å². The SMILES string of the molecule is CCCCCCCCCCCC(=O)NCC(C(=O)[O-])[N+](C)(C)C. The quantitative estimate of drug-likeness (QED) is 0.391. The molecule has 0 aliphatic heterocycles. The average Bonchev–Trinajstić information content (AvgIpc) is 2.43. The lowest BCUT2D eigenvalue weighted by Crippen LogP contribution is -2.59. The van der Waals surface area contributed by atoms with E-state index in [4.69, 9.17) is 0 Å². The van der Waals surface area contributed by atoms with Crippen molar-refractivity contribution in [3.8, 4) is 0 Å². The Labute approximate surface area is 142 Å². The number of likely N-dealkylation sites (N-methyl/N-ethyl adjacent to an activating group) is 1. The van der Waals surface area contributed by atoms with Crippen LogP contribution in [0.25, 0.3) is 0 Å². The van der Waals surface area contributed by atoms with Crippen LogP contribution in [0.1, 0.15) is 71.1 Å². The van der Waals surface area contributed by atoms with Gasteiger partial charge in [0.05, 0.1) is 27.7 Å². The summed E-state index contributed by atoms with van der Waals surface area (Å²) in [7, 11) is 5.35. The van der Waals surface area contributed by atoms with Gasteiger partial charge in [-0.05, 0) is 6.42 Å². The van der Waals surface area contributed by atoms with Crippen LogP contribution in [0.2, 0.25) is 0 Å². The number of hydrogen-bond donors (Lipinski definition) is 1. The molecule has 0 saturated carbocycles. The van der Waals surface area contributed by atoms with E-state index >= 15 is 0 Å². The van der Waals surface area contributed by atoms with Crippen molar-refractivity contribution in [3.63, 3.8) is 0 Å². The zero-order chi connectivity index (χ0) is 17.7. The molecule has 0 fully saturated rings. The standard InChI is InChI=1S/C18H36N2O3/c1-5-6-7-8-9-10-11-12-13-14-17(21)19-15-16(18(22)23)20(2,3)4/h16H,5-15H2,1-4H3,(H-,19,21,22,23). The van der Waals surface area contributed by atoms with Gasteiger partial charge in [0.1, 0.15) is 12.0 Å². The van der Waals surface area contributed by atoms with Crippen LogP contribution in [0.15, 0.2) is 0 Å². The van der Waals surface area contributed by atoms with Crippen molar-refractivity contribution in [1.82, 2.24) is 5.32 Å². The molecule has 0 spiro atoms. The molecule has 0 saturated heterocycles. The van der Waals surface area contributed by atoms with Crippen LogP contribution in [-0.4, -0.2) is 50.1 Å². The van der Waals surface area contributed by atoms with Crippen molar-refractivity contribution in [3.05, 3.63) is 0 Å². The first-order valence-electron chi connectivity index (χ1n) is 9.07. The predicted molar refractivity (Wildman–Crippen MR) is 91.7 cm³/mol. The van der Waals surface area contributed by atoms with E-state index in [2.05, 4.69) is 12.2 Å². The molecule has 1 atom stereocenters. The summed E-state index contributed by atoms with van der Waals surface area (Å²) in [6, 6.07) is -0.720. The van der Waals surface area contributed by atoms with Crippen molar-refractivity contribution in [2.24, 2.45) is 0 Å². The van der Waals surface area contributed by atoms with Crippen molar-refractivity contribution in [2.45, 2.75) is 77.2 Å². The molecule has 5 heteroatoms. The molecule has 0 bridgehead atoms. The summed E-state index contributed by atoms with van der Waals surface area (Å²) in [6.45, 7) is 2.35. The number of nitrogens with one attached hydrogen (secondary N) is 1. The second-order valence-corrected chi connectivity index (χ2v) is 7.33. The van der Waals surface area contributed by atoms with Crippen molar-refractivity contribution < 1.29 is 19.2 Å². The van der Waals surface area contributed by atoms with Gasteiger partial charge in [0.15, 0.2) is 0 Å². The highest BCUT2D eigenvalue weighted by Crippen LogP contribution is 2.10. The van der Waals surface area contributed by atoms with Crippen LogP contribution < -0.4 is 10.4 Å². The Morgan fingerprint density at radius 3 is 1.83 bits per heavy atom. The van der Waals surface area contributed by atoms with E-state index in [1.54, 1.807) is 21.1 Å². The number of quaternary nitrogens is 1. The normalized spacial score (nSPS) is 12.9. The monoisotopic (exact) mass is 328 g/mol. The van der Waals surface area contributed by atoms with Gasteiger partial charge in [-0.3, -0.25) is 4.79 Å². The Bertz CT molecular complexity index is 338. The molecule has 1 N–H and O–H groups in total. The number of amides is 1. The van der Waals surface area contributed by atoms with Gasteiger partial charge in [-0.15, -0.1) is 0 Å². The van der Waals surface area contributed by atoms with Crippen molar-refractivity contribution >= 4 is 11.9 Å². The topological polar surface area (TPSA) is 69.2 Å². The molecular formula is C18H36N2O3. The maximum atomic E-state index is 11.8. The van der Waals surface area contributed by atoms with E-state index in [9.17, 15) is 14.7 Å². The molecule has 0 aromatic carbocycles. The Hall–Kier alpha value is -1.10. The molecule has 0 aromatic heterocycles. The summed E-state index contributed by atoms with van der Waals surface area (Å²) in [5.74, 6) is -1.19.